The van der Waals surface area contributed by atoms with Crippen LogP contribution in [0.15, 0.2) is 29.2 Å². The van der Waals surface area contributed by atoms with Crippen LogP contribution in [0.25, 0.3) is 0 Å². The van der Waals surface area contributed by atoms with Crippen LogP contribution < -0.4 is 5.32 Å². The summed E-state index contributed by atoms with van der Waals surface area (Å²) in [5.74, 6) is -3.92. The van der Waals surface area contributed by atoms with E-state index in [-0.39, 0.29) is 12.5 Å². The molecule has 0 radical (unpaired) electrons. The molecule has 5 nitrogen and oxygen atoms in total. The van der Waals surface area contributed by atoms with E-state index in [1.165, 1.54) is 17.0 Å². The number of carboxylic acid groups (broad SMARTS) is 1. The quantitative estimate of drug-likeness (QED) is 0.819. The molecule has 0 spiro atoms. The molecule has 0 aliphatic carbocycles. The van der Waals surface area contributed by atoms with Crippen molar-refractivity contribution in [2.24, 2.45) is 11.8 Å². The van der Waals surface area contributed by atoms with Gasteiger partial charge in [0.25, 0.3) is 5.76 Å². The van der Waals surface area contributed by atoms with Crippen LogP contribution >= 0.6 is 11.8 Å². The topological polar surface area (TPSA) is 69.6 Å². The summed E-state index contributed by atoms with van der Waals surface area (Å²) in [7, 11) is 0. The number of hydrogen-bond donors (Lipinski definition) is 2. The third kappa shape index (κ3) is 5.09. The lowest BCUT2D eigenvalue weighted by atomic mass is 9.91. The van der Waals surface area contributed by atoms with Gasteiger partial charge in [0.15, 0.2) is 0 Å². The molecule has 0 saturated carbocycles. The van der Waals surface area contributed by atoms with Gasteiger partial charge in [0.1, 0.15) is 0 Å². The molecule has 1 heterocycles. The summed E-state index contributed by atoms with van der Waals surface area (Å²) in [6.07, 6.45) is 0.541. The number of benzene rings is 1. The Labute approximate surface area is 137 Å². The van der Waals surface area contributed by atoms with Crippen molar-refractivity contribution in [3.8, 4) is 0 Å². The lowest BCUT2D eigenvalue weighted by molar-refractivity contribution is -0.143. The van der Waals surface area contributed by atoms with Gasteiger partial charge in [-0.3, -0.25) is 4.79 Å². The molecule has 1 aromatic carbocycles. The van der Waals surface area contributed by atoms with Gasteiger partial charge in [0.05, 0.1) is 5.92 Å². The number of carboxylic acids is 1. The zero-order valence-corrected chi connectivity index (χ0v) is 13.4. The van der Waals surface area contributed by atoms with Crippen molar-refractivity contribution in [3.05, 3.63) is 24.3 Å². The van der Waals surface area contributed by atoms with Gasteiger partial charge in [-0.15, -0.1) is 0 Å². The van der Waals surface area contributed by atoms with Crippen LogP contribution in [-0.4, -0.2) is 40.9 Å². The number of urea groups is 1. The Morgan fingerprint density at radius 3 is 2.78 bits per heavy atom. The maximum absolute atomic E-state index is 12.4. The number of alkyl halides is 2. The summed E-state index contributed by atoms with van der Waals surface area (Å²) in [5.41, 5.74) is 0.408. The van der Waals surface area contributed by atoms with Crippen molar-refractivity contribution in [1.29, 1.82) is 0 Å². The zero-order valence-electron chi connectivity index (χ0n) is 12.5. The van der Waals surface area contributed by atoms with E-state index in [2.05, 4.69) is 5.32 Å². The Bertz CT molecular complexity index is 586. The molecule has 1 aliphatic heterocycles. The molecule has 2 unspecified atom stereocenters. The Morgan fingerprint density at radius 2 is 2.13 bits per heavy atom. The minimum absolute atomic E-state index is 0.0938. The molecule has 2 atom stereocenters. The number of amides is 2. The molecule has 2 N–H and O–H groups in total. The summed E-state index contributed by atoms with van der Waals surface area (Å²) in [6, 6.07) is 5.78. The van der Waals surface area contributed by atoms with Gasteiger partial charge in [-0.1, -0.05) is 24.8 Å². The van der Waals surface area contributed by atoms with E-state index < -0.39 is 23.7 Å². The van der Waals surface area contributed by atoms with Crippen molar-refractivity contribution in [3.63, 3.8) is 0 Å². The number of piperidine rings is 1. The highest BCUT2D eigenvalue weighted by Gasteiger charge is 2.31. The minimum atomic E-state index is -2.53. The fraction of sp³-hybridized carbons (Fsp3) is 0.467. The molecule has 2 amide bonds. The monoisotopic (exact) mass is 344 g/mol. The van der Waals surface area contributed by atoms with E-state index in [1.54, 1.807) is 12.1 Å². The number of nitrogens with zero attached hydrogens (tertiary/aromatic N) is 1. The number of anilines is 1. The number of likely N-dealkylation sites (tertiary alicyclic amines) is 1. The molecule has 23 heavy (non-hydrogen) atoms. The molecule has 8 heteroatoms. The fourth-order valence-corrected chi connectivity index (χ4v) is 3.21. The first-order chi connectivity index (χ1) is 10.8. The molecule has 126 valence electrons. The van der Waals surface area contributed by atoms with Gasteiger partial charge in [-0.05, 0) is 30.5 Å². The largest absolute Gasteiger partial charge is 0.481 e. The summed E-state index contributed by atoms with van der Waals surface area (Å²) in [6.45, 7) is 2.52. The first-order valence-corrected chi connectivity index (χ1v) is 8.06. The molecule has 1 saturated heterocycles. The van der Waals surface area contributed by atoms with Crippen LogP contribution in [0.2, 0.25) is 0 Å². The number of thioether (sulfide) groups is 1. The Morgan fingerprint density at radius 1 is 1.39 bits per heavy atom. The Kier molecular flexibility index (Phi) is 5.81. The lowest BCUT2D eigenvalue weighted by Crippen LogP contribution is -2.47. The molecule has 1 aromatic rings. The predicted octanol–water partition coefficient (Wildman–Crippen LogP) is 3.58. The van der Waals surface area contributed by atoms with E-state index in [1.807, 2.05) is 6.92 Å². The maximum atomic E-state index is 12.4. The SMILES string of the molecule is CC1CC(C(=O)O)CN(C(=O)Nc2cccc(SC(F)F)c2)C1. The molecule has 0 aromatic heterocycles. The minimum Gasteiger partial charge on any atom is -0.481 e. The summed E-state index contributed by atoms with van der Waals surface area (Å²) in [4.78, 5) is 25.2. The first kappa shape index (κ1) is 17.5. The van der Waals surface area contributed by atoms with Crippen LogP contribution in [0.4, 0.5) is 19.3 Å². The maximum Gasteiger partial charge on any atom is 0.321 e. The number of aliphatic carboxylic acids is 1. The summed E-state index contributed by atoms with van der Waals surface area (Å²) >= 11 is 0.404. The highest BCUT2D eigenvalue weighted by molar-refractivity contribution is 7.99. The standard InChI is InChI=1S/C15H18F2N2O3S/c1-9-5-10(13(20)21)8-19(7-9)15(22)18-11-3-2-4-12(6-11)23-14(16)17/h2-4,6,9-10,14H,5,7-8H2,1H3,(H,18,22)(H,20,21). The second kappa shape index (κ2) is 7.63. The van der Waals surface area contributed by atoms with Gasteiger partial charge in [0.2, 0.25) is 0 Å². The average Bonchev–Trinajstić information content (AvgIpc) is 2.46. The fourth-order valence-electron chi connectivity index (χ4n) is 2.65. The summed E-state index contributed by atoms with van der Waals surface area (Å²) < 4.78 is 24.8. The molecule has 1 aliphatic rings. The van der Waals surface area contributed by atoms with Crippen LogP contribution in [0.5, 0.6) is 0 Å². The van der Waals surface area contributed by atoms with Crippen LogP contribution in [0, 0.1) is 11.8 Å². The van der Waals surface area contributed by atoms with Crippen LogP contribution in [0.1, 0.15) is 13.3 Å². The number of hydrogen-bond acceptors (Lipinski definition) is 3. The van der Waals surface area contributed by atoms with Crippen molar-refractivity contribution in [2.45, 2.75) is 24.0 Å². The van der Waals surface area contributed by atoms with Crippen molar-refractivity contribution in [1.82, 2.24) is 4.90 Å². The van der Waals surface area contributed by atoms with Gasteiger partial charge < -0.3 is 15.3 Å². The lowest BCUT2D eigenvalue weighted by Gasteiger charge is -2.34. The molecular formula is C15H18F2N2O3S. The highest BCUT2D eigenvalue weighted by Crippen LogP contribution is 2.28. The van der Waals surface area contributed by atoms with Crippen molar-refractivity contribution in [2.75, 3.05) is 18.4 Å². The van der Waals surface area contributed by atoms with E-state index >= 15 is 0 Å². The third-order valence-corrected chi connectivity index (χ3v) is 4.31. The van der Waals surface area contributed by atoms with Crippen LogP contribution in [0.3, 0.4) is 0 Å². The van der Waals surface area contributed by atoms with E-state index in [9.17, 15) is 18.4 Å². The molecular weight excluding hydrogens is 326 g/mol. The van der Waals surface area contributed by atoms with E-state index in [4.69, 9.17) is 5.11 Å². The molecule has 0 bridgehead atoms. The zero-order chi connectivity index (χ0) is 17.0. The van der Waals surface area contributed by atoms with Crippen molar-refractivity contribution < 1.29 is 23.5 Å². The molecule has 1 fully saturated rings. The average molecular weight is 344 g/mol. The summed E-state index contributed by atoms with van der Waals surface area (Å²) in [5, 5.41) is 11.8. The number of carbonyl (C=O) groups is 2. The number of halogens is 2. The number of nitrogens with one attached hydrogen (secondary N) is 1. The molecule has 2 rings (SSSR count). The van der Waals surface area contributed by atoms with Crippen LogP contribution in [-0.2, 0) is 4.79 Å². The highest BCUT2D eigenvalue weighted by atomic mass is 32.2. The van der Waals surface area contributed by atoms with Gasteiger partial charge in [0, 0.05) is 23.7 Å². The second-order valence-corrected chi connectivity index (χ2v) is 6.68. The van der Waals surface area contributed by atoms with Crippen molar-refractivity contribution >= 4 is 29.4 Å². The van der Waals surface area contributed by atoms with E-state index in [0.29, 0.717) is 35.3 Å². The second-order valence-electron chi connectivity index (χ2n) is 5.62. The van der Waals surface area contributed by atoms with E-state index in [0.717, 1.165) is 0 Å². The number of rotatable bonds is 4. The Balaban J connectivity index is 2.02. The van der Waals surface area contributed by atoms with Gasteiger partial charge in [-0.25, -0.2) is 4.79 Å². The first-order valence-electron chi connectivity index (χ1n) is 7.18. The predicted molar refractivity (Wildman–Crippen MR) is 83.8 cm³/mol. The smallest absolute Gasteiger partial charge is 0.321 e. The third-order valence-electron chi connectivity index (χ3n) is 3.61. The number of carbonyl (C=O) groups excluding carboxylic acids is 1. The normalized spacial score (nSPS) is 21.3. The Hall–Kier alpha value is -1.83. The van der Waals surface area contributed by atoms with Gasteiger partial charge in [-0.2, -0.15) is 8.78 Å². The van der Waals surface area contributed by atoms with Gasteiger partial charge >= 0.3 is 12.0 Å².